The Balaban J connectivity index is 0.890. The third-order valence-corrected chi connectivity index (χ3v) is 12.6. The Morgan fingerprint density at radius 3 is 1.52 bits per heavy atom. The summed E-state index contributed by atoms with van der Waals surface area (Å²) < 4.78 is 53.3. The molecule has 10 aromatic carbocycles. The van der Waals surface area contributed by atoms with Gasteiger partial charge in [-0.2, -0.15) is 0 Å². The Kier molecular flexibility index (Phi) is 6.84. The number of fused-ring (bicyclic) bond motifs is 9. The minimum Gasteiger partial charge on any atom is -0.456 e. The molecule has 0 spiro atoms. The summed E-state index contributed by atoms with van der Waals surface area (Å²) in [5, 5.41) is 6.15. The van der Waals surface area contributed by atoms with E-state index in [1.807, 2.05) is 24.3 Å². The second-order valence-electron chi connectivity index (χ2n) is 16.1. The van der Waals surface area contributed by atoms with Crippen molar-refractivity contribution in [1.82, 2.24) is 9.13 Å². The van der Waals surface area contributed by atoms with Gasteiger partial charge in [0.05, 0.1) is 28.9 Å². The van der Waals surface area contributed by atoms with Crippen molar-refractivity contribution in [2.24, 2.45) is 0 Å². The van der Waals surface area contributed by atoms with Crippen molar-refractivity contribution >= 4 is 65.6 Å². The van der Waals surface area contributed by atoms with Crippen molar-refractivity contribution in [1.29, 1.82) is 0 Å². The number of rotatable bonds is 6. The third kappa shape index (κ3) is 5.67. The molecule has 0 fully saturated rings. The number of furan rings is 1. The zero-order valence-electron chi connectivity index (χ0n) is 38.9. The molecule has 0 saturated carbocycles. The minimum absolute atomic E-state index is 0.156. The molecule has 0 saturated heterocycles. The van der Waals surface area contributed by atoms with Gasteiger partial charge in [-0.1, -0.05) is 152 Å². The van der Waals surface area contributed by atoms with E-state index in [1.165, 1.54) is 33.0 Å². The standard InChI is InChI=1S/C60H38N2O/c1-3-13-39(14-4-1)42-17-11-18-43(35-42)40-25-29-46(30-26-40)61-54-22-9-7-19-49(54)52-36-44(27-33-56(52)61)45-28-34-57-53(37-45)50-20-8-10-23-55(50)62(57)47-31-32-51-59(38-47)63-58-24-12-21-48(60(51)58)41-15-5-2-6-16-41/h1-38H/i2D,5D,6D,15D,16D. The van der Waals surface area contributed by atoms with Gasteiger partial charge in [0.1, 0.15) is 11.2 Å². The molecule has 0 unspecified atom stereocenters. The van der Waals surface area contributed by atoms with Crippen LogP contribution in [0.3, 0.4) is 0 Å². The summed E-state index contributed by atoms with van der Waals surface area (Å²) in [6.07, 6.45) is 0. The van der Waals surface area contributed by atoms with Crippen molar-refractivity contribution in [3.63, 3.8) is 0 Å². The lowest BCUT2D eigenvalue weighted by Crippen LogP contribution is -1.94. The second kappa shape index (κ2) is 14.1. The van der Waals surface area contributed by atoms with Crippen LogP contribution in [0.1, 0.15) is 6.85 Å². The first-order chi connectivity index (χ1) is 33.3. The summed E-state index contributed by atoms with van der Waals surface area (Å²) in [5.74, 6) is 0. The fourth-order valence-corrected chi connectivity index (χ4v) is 9.72. The fourth-order valence-electron chi connectivity index (χ4n) is 9.72. The quantitative estimate of drug-likeness (QED) is 0.164. The van der Waals surface area contributed by atoms with Gasteiger partial charge in [-0.15, -0.1) is 0 Å². The lowest BCUT2D eigenvalue weighted by molar-refractivity contribution is 0.668. The lowest BCUT2D eigenvalue weighted by Gasteiger charge is -2.11. The van der Waals surface area contributed by atoms with Crippen molar-refractivity contribution < 1.29 is 11.3 Å². The summed E-state index contributed by atoms with van der Waals surface area (Å²) in [7, 11) is 0. The summed E-state index contributed by atoms with van der Waals surface area (Å²) in [6, 6.07) is 68.7. The molecule has 0 amide bonds. The van der Waals surface area contributed by atoms with Gasteiger partial charge in [0, 0.05) is 49.8 Å². The highest BCUT2D eigenvalue weighted by Crippen LogP contribution is 2.41. The monoisotopic (exact) mass is 807 g/mol. The maximum absolute atomic E-state index is 8.71. The molecule has 0 aliphatic heterocycles. The smallest absolute Gasteiger partial charge is 0.137 e. The Morgan fingerprint density at radius 2 is 0.841 bits per heavy atom. The zero-order valence-corrected chi connectivity index (χ0v) is 33.9. The van der Waals surface area contributed by atoms with Gasteiger partial charge < -0.3 is 13.6 Å². The van der Waals surface area contributed by atoms with Crippen LogP contribution in [0.15, 0.2) is 235 Å². The van der Waals surface area contributed by atoms with Gasteiger partial charge >= 0.3 is 0 Å². The van der Waals surface area contributed by atoms with Crippen LogP contribution in [0.2, 0.25) is 0 Å². The molecular weight excluding hydrogens is 765 g/mol. The molecular formula is C60H38N2O. The summed E-state index contributed by atoms with van der Waals surface area (Å²) in [4.78, 5) is 0. The van der Waals surface area contributed by atoms with E-state index in [4.69, 9.17) is 11.3 Å². The van der Waals surface area contributed by atoms with Gasteiger partial charge in [0.2, 0.25) is 0 Å². The van der Waals surface area contributed by atoms with Crippen molar-refractivity contribution in [3.05, 3.63) is 230 Å². The summed E-state index contributed by atoms with van der Waals surface area (Å²) in [6.45, 7) is 0. The first kappa shape index (κ1) is 30.6. The minimum atomic E-state index is -0.416. The van der Waals surface area contributed by atoms with Crippen LogP contribution in [-0.4, -0.2) is 9.13 Å². The molecule has 3 heteroatoms. The van der Waals surface area contributed by atoms with Crippen LogP contribution in [-0.2, 0) is 0 Å². The van der Waals surface area contributed by atoms with E-state index in [-0.39, 0.29) is 29.7 Å². The molecule has 0 aliphatic rings. The van der Waals surface area contributed by atoms with Crippen LogP contribution in [0.25, 0.3) is 121 Å². The Bertz CT molecular complexity index is 4170. The maximum atomic E-state index is 8.71. The van der Waals surface area contributed by atoms with E-state index in [2.05, 4.69) is 173 Å². The average molecular weight is 808 g/mol. The average Bonchev–Trinajstić information content (AvgIpc) is 4.05. The highest BCUT2D eigenvalue weighted by molar-refractivity contribution is 6.15. The van der Waals surface area contributed by atoms with Gasteiger partial charge in [0.25, 0.3) is 0 Å². The number of hydrogen-bond acceptors (Lipinski definition) is 1. The molecule has 0 radical (unpaired) electrons. The number of para-hydroxylation sites is 2. The lowest BCUT2D eigenvalue weighted by atomic mass is 9.99. The first-order valence-corrected chi connectivity index (χ1v) is 21.2. The molecule has 0 atom stereocenters. The Labute approximate surface area is 371 Å². The van der Waals surface area contributed by atoms with Crippen LogP contribution < -0.4 is 0 Å². The highest BCUT2D eigenvalue weighted by Gasteiger charge is 2.18. The normalized spacial score (nSPS) is 12.9. The number of hydrogen-bond donors (Lipinski definition) is 0. The molecule has 0 bridgehead atoms. The SMILES string of the molecule is [2H]c1c([2H])c([2H])c(-c2cccc3oc4cc(-n5c6ccccc6c6cc(-c7ccc8c(c7)c7ccccc7n8-c7ccc(-c8cccc(-c9ccccc9)c8)cc7)ccc65)ccc4c23)c([2H])c1[2H]. The Morgan fingerprint density at radius 1 is 0.317 bits per heavy atom. The van der Waals surface area contributed by atoms with Crippen molar-refractivity contribution in [3.8, 4) is 55.9 Å². The second-order valence-corrected chi connectivity index (χ2v) is 16.1. The van der Waals surface area contributed by atoms with E-state index in [1.54, 1.807) is 12.1 Å². The van der Waals surface area contributed by atoms with Gasteiger partial charge in [-0.3, -0.25) is 0 Å². The van der Waals surface area contributed by atoms with Crippen LogP contribution in [0, 0.1) is 0 Å². The first-order valence-electron chi connectivity index (χ1n) is 23.7. The molecule has 3 nitrogen and oxygen atoms in total. The fraction of sp³-hybridized carbons (Fsp3) is 0. The summed E-state index contributed by atoms with van der Waals surface area (Å²) in [5.41, 5.74) is 15.4. The third-order valence-electron chi connectivity index (χ3n) is 12.6. The number of nitrogens with zero attached hydrogens (tertiary/aromatic N) is 2. The zero-order chi connectivity index (χ0) is 45.8. The van der Waals surface area contributed by atoms with E-state index in [9.17, 15) is 0 Å². The number of aromatic nitrogens is 2. The van der Waals surface area contributed by atoms with Crippen molar-refractivity contribution in [2.45, 2.75) is 0 Å². The van der Waals surface area contributed by atoms with Gasteiger partial charge in [0.15, 0.2) is 0 Å². The van der Waals surface area contributed by atoms with Gasteiger partial charge in [-0.25, -0.2) is 0 Å². The Hall–Kier alpha value is -8.40. The molecule has 13 aromatic rings. The molecule has 63 heavy (non-hydrogen) atoms. The molecule has 294 valence electrons. The van der Waals surface area contributed by atoms with E-state index >= 15 is 0 Å². The van der Waals surface area contributed by atoms with Crippen molar-refractivity contribution in [2.75, 3.05) is 0 Å². The van der Waals surface area contributed by atoms with E-state index < -0.39 is 6.04 Å². The van der Waals surface area contributed by atoms with E-state index in [0.717, 1.165) is 60.7 Å². The van der Waals surface area contributed by atoms with Crippen LogP contribution in [0.4, 0.5) is 0 Å². The molecule has 3 heterocycles. The summed E-state index contributed by atoms with van der Waals surface area (Å²) >= 11 is 0. The topological polar surface area (TPSA) is 23.0 Å². The highest BCUT2D eigenvalue weighted by atomic mass is 16.3. The predicted molar refractivity (Wildman–Crippen MR) is 264 cm³/mol. The van der Waals surface area contributed by atoms with Gasteiger partial charge in [-0.05, 0) is 117 Å². The van der Waals surface area contributed by atoms with Crippen LogP contribution >= 0.6 is 0 Å². The number of benzene rings is 10. The molecule has 3 aromatic heterocycles. The maximum Gasteiger partial charge on any atom is 0.137 e. The molecule has 0 aliphatic carbocycles. The largest absolute Gasteiger partial charge is 0.456 e. The predicted octanol–water partition coefficient (Wildman–Crippen LogP) is 16.4. The molecule has 13 rings (SSSR count). The molecule has 0 N–H and O–H groups in total. The van der Waals surface area contributed by atoms with Crippen LogP contribution in [0.5, 0.6) is 0 Å². The van der Waals surface area contributed by atoms with E-state index in [0.29, 0.717) is 22.1 Å².